The highest BCUT2D eigenvalue weighted by atomic mass is 19.1. The number of β-amino-alcohol motifs (C(OH)–C–C–N with tert-alkyl or cyclic N) is 1. The van der Waals surface area contributed by atoms with E-state index in [2.05, 4.69) is 0 Å². The molecule has 2 aromatic carbocycles. The Labute approximate surface area is 134 Å². The lowest BCUT2D eigenvalue weighted by molar-refractivity contribution is 0.0417. The summed E-state index contributed by atoms with van der Waals surface area (Å²) in [6.07, 6.45) is 0.425. The summed E-state index contributed by atoms with van der Waals surface area (Å²) in [4.78, 5) is 14.2. The van der Waals surface area contributed by atoms with Crippen molar-refractivity contribution in [3.63, 3.8) is 0 Å². The molecule has 0 radical (unpaired) electrons. The first kappa shape index (κ1) is 15.5. The van der Waals surface area contributed by atoms with Gasteiger partial charge in [-0.3, -0.25) is 4.79 Å². The summed E-state index contributed by atoms with van der Waals surface area (Å²) < 4.78 is 18.2. The molecule has 0 aromatic heterocycles. The number of carbonyl (C=O) groups is 1. The molecule has 1 fully saturated rings. The minimum absolute atomic E-state index is 0.151. The Morgan fingerprint density at radius 3 is 2.70 bits per heavy atom. The smallest absolute Gasteiger partial charge is 0.254 e. The van der Waals surface area contributed by atoms with Gasteiger partial charge in [-0.05, 0) is 42.3 Å². The predicted molar refractivity (Wildman–Crippen MR) is 83.8 cm³/mol. The van der Waals surface area contributed by atoms with Crippen molar-refractivity contribution < 1.29 is 19.0 Å². The van der Waals surface area contributed by atoms with Gasteiger partial charge in [-0.1, -0.05) is 18.2 Å². The number of likely N-dealkylation sites (tertiary alicyclic amines) is 1. The van der Waals surface area contributed by atoms with E-state index in [9.17, 15) is 14.3 Å². The van der Waals surface area contributed by atoms with Crippen molar-refractivity contribution in [2.75, 3.05) is 20.2 Å². The van der Waals surface area contributed by atoms with Crippen molar-refractivity contribution in [1.82, 2.24) is 4.90 Å². The Hall–Kier alpha value is -2.40. The van der Waals surface area contributed by atoms with Crippen LogP contribution in [0.15, 0.2) is 48.5 Å². The Morgan fingerprint density at radius 2 is 2.00 bits per heavy atom. The molecule has 1 saturated heterocycles. The second-order valence-corrected chi connectivity index (χ2v) is 5.75. The minimum atomic E-state index is -1.14. The number of hydrogen-bond donors (Lipinski definition) is 1. The lowest BCUT2D eigenvalue weighted by Crippen LogP contribution is -2.34. The molecule has 1 aliphatic heterocycles. The lowest BCUT2D eigenvalue weighted by Gasteiger charge is -2.24. The fourth-order valence-electron chi connectivity index (χ4n) is 2.90. The molecule has 0 spiro atoms. The zero-order chi connectivity index (χ0) is 16.4. The Bertz CT molecular complexity index is 716. The second kappa shape index (κ2) is 6.01. The van der Waals surface area contributed by atoms with Gasteiger partial charge in [0, 0.05) is 12.1 Å². The molecule has 1 atom stereocenters. The van der Waals surface area contributed by atoms with Crippen LogP contribution in [0.4, 0.5) is 4.39 Å². The van der Waals surface area contributed by atoms with Gasteiger partial charge in [-0.2, -0.15) is 0 Å². The van der Waals surface area contributed by atoms with Crippen LogP contribution in [0.5, 0.6) is 5.75 Å². The maximum atomic E-state index is 13.0. The summed E-state index contributed by atoms with van der Waals surface area (Å²) in [6, 6.07) is 12.7. The van der Waals surface area contributed by atoms with Gasteiger partial charge in [0.05, 0.1) is 13.7 Å². The van der Waals surface area contributed by atoms with E-state index in [1.54, 1.807) is 48.4 Å². The third-order valence-corrected chi connectivity index (χ3v) is 4.23. The fraction of sp³-hybridized carbons (Fsp3) is 0.278. The quantitative estimate of drug-likeness (QED) is 0.947. The number of benzene rings is 2. The van der Waals surface area contributed by atoms with Crippen molar-refractivity contribution in [2.45, 2.75) is 12.0 Å². The Balaban J connectivity index is 1.78. The molecule has 4 nitrogen and oxygen atoms in total. The van der Waals surface area contributed by atoms with E-state index in [0.717, 1.165) is 0 Å². The molecule has 3 rings (SSSR count). The number of ether oxygens (including phenoxy) is 1. The molecular weight excluding hydrogens is 297 g/mol. The second-order valence-electron chi connectivity index (χ2n) is 5.75. The number of amides is 1. The number of hydrogen-bond acceptors (Lipinski definition) is 3. The molecule has 120 valence electrons. The van der Waals surface area contributed by atoms with Crippen LogP contribution in [-0.4, -0.2) is 36.1 Å². The van der Waals surface area contributed by atoms with Gasteiger partial charge >= 0.3 is 0 Å². The van der Waals surface area contributed by atoms with Crippen LogP contribution in [0.3, 0.4) is 0 Å². The third kappa shape index (κ3) is 3.05. The molecule has 0 aliphatic carbocycles. The molecule has 1 aliphatic rings. The number of methoxy groups -OCH3 is 1. The van der Waals surface area contributed by atoms with Crippen LogP contribution >= 0.6 is 0 Å². The normalized spacial score (nSPS) is 20.6. The number of aliphatic hydroxyl groups is 1. The highest BCUT2D eigenvalue weighted by molar-refractivity contribution is 5.94. The van der Waals surface area contributed by atoms with E-state index in [1.165, 1.54) is 12.1 Å². The summed E-state index contributed by atoms with van der Waals surface area (Å²) in [5, 5.41) is 10.8. The molecule has 0 saturated carbocycles. The number of carbonyl (C=O) groups excluding carboxylic acids is 1. The summed E-state index contributed by atoms with van der Waals surface area (Å²) in [7, 11) is 1.55. The fourth-order valence-corrected chi connectivity index (χ4v) is 2.90. The van der Waals surface area contributed by atoms with Crippen LogP contribution < -0.4 is 4.74 Å². The lowest BCUT2D eigenvalue weighted by atomic mass is 9.93. The van der Waals surface area contributed by atoms with Gasteiger partial charge in [0.2, 0.25) is 0 Å². The topological polar surface area (TPSA) is 49.8 Å². The molecule has 1 heterocycles. The largest absolute Gasteiger partial charge is 0.497 e. The first-order chi connectivity index (χ1) is 11.0. The van der Waals surface area contributed by atoms with Gasteiger partial charge in [-0.15, -0.1) is 0 Å². The minimum Gasteiger partial charge on any atom is -0.497 e. The molecule has 1 unspecified atom stereocenters. The molecular formula is C18H18FNO3. The van der Waals surface area contributed by atoms with E-state index in [1.807, 2.05) is 0 Å². The molecule has 1 N–H and O–H groups in total. The molecule has 0 bridgehead atoms. The van der Waals surface area contributed by atoms with E-state index in [0.29, 0.717) is 29.8 Å². The average molecular weight is 315 g/mol. The van der Waals surface area contributed by atoms with Crippen LogP contribution in [0, 0.1) is 5.82 Å². The van der Waals surface area contributed by atoms with Crippen molar-refractivity contribution in [3.8, 4) is 5.75 Å². The number of nitrogens with zero attached hydrogens (tertiary/aromatic N) is 1. The van der Waals surface area contributed by atoms with Crippen LogP contribution in [0.1, 0.15) is 22.3 Å². The zero-order valence-electron chi connectivity index (χ0n) is 12.8. The van der Waals surface area contributed by atoms with Crippen molar-refractivity contribution in [2.24, 2.45) is 0 Å². The van der Waals surface area contributed by atoms with Crippen molar-refractivity contribution in [1.29, 1.82) is 0 Å². The first-order valence-corrected chi connectivity index (χ1v) is 7.43. The first-order valence-electron chi connectivity index (χ1n) is 7.43. The van der Waals surface area contributed by atoms with Gasteiger partial charge in [-0.25, -0.2) is 4.39 Å². The van der Waals surface area contributed by atoms with Crippen LogP contribution in [-0.2, 0) is 5.60 Å². The van der Waals surface area contributed by atoms with Gasteiger partial charge in [0.1, 0.15) is 17.2 Å². The van der Waals surface area contributed by atoms with Gasteiger partial charge < -0.3 is 14.7 Å². The van der Waals surface area contributed by atoms with Crippen molar-refractivity contribution >= 4 is 5.91 Å². The summed E-state index contributed by atoms with van der Waals surface area (Å²) in [6.45, 7) is 0.637. The molecule has 5 heteroatoms. The summed E-state index contributed by atoms with van der Waals surface area (Å²) in [5.41, 5.74) is 0.00920. The van der Waals surface area contributed by atoms with Crippen molar-refractivity contribution in [3.05, 3.63) is 65.5 Å². The average Bonchev–Trinajstić information content (AvgIpc) is 2.98. The van der Waals surface area contributed by atoms with E-state index in [4.69, 9.17) is 4.74 Å². The summed E-state index contributed by atoms with van der Waals surface area (Å²) >= 11 is 0. The molecule has 23 heavy (non-hydrogen) atoms. The van der Waals surface area contributed by atoms with E-state index < -0.39 is 5.60 Å². The molecule has 1 amide bonds. The Kier molecular flexibility index (Phi) is 4.05. The van der Waals surface area contributed by atoms with Gasteiger partial charge in [0.15, 0.2) is 0 Å². The predicted octanol–water partition coefficient (Wildman–Crippen LogP) is 2.57. The number of halogens is 1. The van der Waals surface area contributed by atoms with Crippen LogP contribution in [0.25, 0.3) is 0 Å². The van der Waals surface area contributed by atoms with E-state index in [-0.39, 0.29) is 18.3 Å². The SMILES string of the molecule is COc1cccc(C(=O)N2CCC(O)(c3ccc(F)cc3)C2)c1. The van der Waals surface area contributed by atoms with Gasteiger partial charge in [0.25, 0.3) is 5.91 Å². The third-order valence-electron chi connectivity index (χ3n) is 4.23. The highest BCUT2D eigenvalue weighted by Crippen LogP contribution is 2.33. The Morgan fingerprint density at radius 1 is 1.26 bits per heavy atom. The van der Waals surface area contributed by atoms with E-state index >= 15 is 0 Å². The highest BCUT2D eigenvalue weighted by Gasteiger charge is 2.39. The maximum Gasteiger partial charge on any atom is 0.254 e. The molecule has 2 aromatic rings. The standard InChI is InChI=1S/C18H18FNO3/c1-23-16-4-2-3-13(11-16)17(21)20-10-9-18(22,12-20)14-5-7-15(19)8-6-14/h2-8,11,22H,9-10,12H2,1H3. The number of rotatable bonds is 3. The zero-order valence-corrected chi connectivity index (χ0v) is 12.8. The van der Waals surface area contributed by atoms with Crippen LogP contribution in [0.2, 0.25) is 0 Å². The maximum absolute atomic E-state index is 13.0. The monoisotopic (exact) mass is 315 g/mol. The summed E-state index contributed by atoms with van der Waals surface area (Å²) in [5.74, 6) is 0.116.